The van der Waals surface area contributed by atoms with Crippen LogP contribution in [0.1, 0.15) is 5.56 Å². The Bertz CT molecular complexity index is 5090. The first-order chi connectivity index (χ1) is 45.6. The molecule has 93 heavy (non-hydrogen) atoms. The summed E-state index contributed by atoms with van der Waals surface area (Å²) in [5.74, 6) is -10.6. The number of hydrogen-bond donors (Lipinski definition) is 0. The van der Waals surface area contributed by atoms with E-state index in [0.29, 0.717) is 22.1 Å². The lowest BCUT2D eigenvalue weighted by Gasteiger charge is -2.20. The van der Waals surface area contributed by atoms with Crippen molar-refractivity contribution in [3.63, 3.8) is 0 Å². The van der Waals surface area contributed by atoms with E-state index < -0.39 is 34.6 Å². The van der Waals surface area contributed by atoms with Gasteiger partial charge in [0.2, 0.25) is 5.82 Å². The Morgan fingerprint density at radius 3 is 0.785 bits per heavy atom. The topological polar surface area (TPSA) is 85.2 Å². The highest BCUT2D eigenvalue weighted by Crippen LogP contribution is 2.45. The molecule has 0 fully saturated rings. The van der Waals surface area contributed by atoms with Crippen molar-refractivity contribution >= 4 is 43.6 Å². The number of hydrogen-bond acceptors (Lipinski definition) is 5. The molecule has 10 aromatic carbocycles. The van der Waals surface area contributed by atoms with Crippen molar-refractivity contribution in [1.29, 1.82) is 5.26 Å². The molecule has 440 valence electrons. The smallest absolute Gasteiger partial charge is 0.200 e. The number of benzene rings is 10. The number of nitrogens with zero attached hydrogens (tertiary/aromatic N) is 7. The van der Waals surface area contributed by atoms with Crippen LogP contribution in [0.15, 0.2) is 280 Å². The van der Waals surface area contributed by atoms with Gasteiger partial charge in [0.15, 0.2) is 23.3 Å². The van der Waals surface area contributed by atoms with Crippen LogP contribution in [0, 0.1) is 40.4 Å². The number of fused-ring (bicyclic) bond motifs is 6. The summed E-state index contributed by atoms with van der Waals surface area (Å²) < 4.78 is 84.9. The quantitative estimate of drug-likeness (QED) is 0.0732. The average molecular weight is 1210 g/mol. The van der Waals surface area contributed by atoms with Gasteiger partial charge < -0.3 is 9.13 Å². The maximum Gasteiger partial charge on any atom is 0.200 e. The number of rotatable bonds is 11. The van der Waals surface area contributed by atoms with Crippen molar-refractivity contribution in [2.75, 3.05) is 0 Å². The Labute approximate surface area is 529 Å². The Kier molecular flexibility index (Phi) is 13.7. The molecule has 0 spiro atoms. The molecule has 0 unspecified atom stereocenters. The first-order valence-electron chi connectivity index (χ1n) is 30.0. The molecule has 0 amide bonds. The number of pyridine rings is 4. The Hall–Kier alpha value is -12.5. The molecule has 0 aliphatic carbocycles. The molecule has 6 heterocycles. The van der Waals surface area contributed by atoms with Crippen LogP contribution in [-0.4, -0.2) is 29.1 Å². The van der Waals surface area contributed by atoms with Gasteiger partial charge in [0.05, 0.1) is 61.8 Å². The number of halogens is 5. The summed E-state index contributed by atoms with van der Waals surface area (Å²) in [5.41, 5.74) is 13.8. The third-order valence-corrected chi connectivity index (χ3v) is 17.4. The zero-order valence-corrected chi connectivity index (χ0v) is 49.1. The third-order valence-electron chi connectivity index (χ3n) is 17.4. The lowest BCUT2D eigenvalue weighted by Crippen LogP contribution is -2.08. The maximum absolute atomic E-state index is 17.0. The van der Waals surface area contributed by atoms with E-state index in [1.54, 1.807) is 24.8 Å². The van der Waals surface area contributed by atoms with Crippen LogP contribution in [0.4, 0.5) is 22.0 Å². The van der Waals surface area contributed by atoms with E-state index in [1.807, 2.05) is 252 Å². The fourth-order valence-electron chi connectivity index (χ4n) is 12.9. The number of aromatic nitrogens is 6. The van der Waals surface area contributed by atoms with Gasteiger partial charge in [0.1, 0.15) is 11.6 Å². The molecule has 16 aromatic rings. The molecule has 0 saturated carbocycles. The molecule has 0 atom stereocenters. The first kappa shape index (κ1) is 55.8. The SMILES string of the molecule is N#Cc1c(-n2c3cc(-c4ccnc(-c5ccccc5)c4)ccc3c3ccc(-c4ccnc(-c5ccccc5)c4)cc32)cc(-c2c(F)c(F)c(F)c(F)c2F)cc1-n1c2cc(-c3ccnc(-c4ccccc4)c3)ccc2c2ccc(-c3ccnc(-c4ccccc4)c3)cc21. The summed E-state index contributed by atoms with van der Waals surface area (Å²) in [7, 11) is 0. The van der Waals surface area contributed by atoms with E-state index in [4.69, 9.17) is 19.9 Å². The largest absolute Gasteiger partial charge is 0.308 e. The minimum atomic E-state index is -2.30. The zero-order chi connectivity index (χ0) is 62.8. The van der Waals surface area contributed by atoms with Gasteiger partial charge in [-0.1, -0.05) is 170 Å². The van der Waals surface area contributed by atoms with Gasteiger partial charge >= 0.3 is 0 Å². The number of nitriles is 1. The molecule has 12 heteroatoms. The third kappa shape index (κ3) is 9.74. The molecule has 0 aliphatic rings. The summed E-state index contributed by atoms with van der Waals surface area (Å²) >= 11 is 0. The minimum Gasteiger partial charge on any atom is -0.308 e. The standard InChI is InChI=1S/C81H46F5N7/c82-77-76(78(83)80(85)81(86)79(77)84)60-45-74(92-70-41-52(56-29-33-88-66(37-56)48-13-5-1-6-14-48)21-25-61(70)62-26-22-53(42-71(62)92)57-30-34-89-67(38-57)49-15-7-2-8-16-49)65(47-87)75(46-60)93-72-43-54(58-31-35-90-68(39-58)50-17-9-3-10-18-50)23-27-63(72)64-28-24-55(44-73(64)93)59-32-36-91-69(40-59)51-19-11-4-12-20-51/h1-46H. The van der Waals surface area contributed by atoms with Crippen LogP contribution in [0.5, 0.6) is 0 Å². The predicted molar refractivity (Wildman–Crippen MR) is 360 cm³/mol. The van der Waals surface area contributed by atoms with Gasteiger partial charge in [-0.25, -0.2) is 22.0 Å². The summed E-state index contributed by atoms with van der Waals surface area (Å²) in [6, 6.07) is 84.0. The molecular formula is C81H46F5N7. The molecule has 16 rings (SSSR count). The van der Waals surface area contributed by atoms with E-state index in [9.17, 15) is 5.26 Å². The molecule has 0 radical (unpaired) electrons. The monoisotopic (exact) mass is 1210 g/mol. The summed E-state index contributed by atoms with van der Waals surface area (Å²) in [4.78, 5) is 18.9. The lowest BCUT2D eigenvalue weighted by atomic mass is 9.98. The van der Waals surface area contributed by atoms with Gasteiger partial charge in [0, 0.05) is 68.6 Å². The summed E-state index contributed by atoms with van der Waals surface area (Å²) in [6.07, 6.45) is 6.97. The van der Waals surface area contributed by atoms with Crippen molar-refractivity contribution in [2.24, 2.45) is 0 Å². The van der Waals surface area contributed by atoms with E-state index in [1.165, 1.54) is 12.1 Å². The Morgan fingerprint density at radius 2 is 0.516 bits per heavy atom. The van der Waals surface area contributed by atoms with Crippen LogP contribution in [-0.2, 0) is 0 Å². The second kappa shape index (κ2) is 22.8. The molecule has 0 saturated heterocycles. The van der Waals surface area contributed by atoms with Crippen molar-refractivity contribution < 1.29 is 22.0 Å². The second-order valence-electron chi connectivity index (χ2n) is 22.7. The molecule has 7 nitrogen and oxygen atoms in total. The molecule has 0 aliphatic heterocycles. The van der Waals surface area contributed by atoms with Gasteiger partial charge in [-0.3, -0.25) is 19.9 Å². The van der Waals surface area contributed by atoms with Gasteiger partial charge in [0.25, 0.3) is 0 Å². The highest BCUT2D eigenvalue weighted by molar-refractivity contribution is 6.13. The first-order valence-corrected chi connectivity index (χ1v) is 30.0. The van der Waals surface area contributed by atoms with Crippen molar-refractivity contribution in [2.45, 2.75) is 0 Å². The normalized spacial score (nSPS) is 11.5. The highest BCUT2D eigenvalue weighted by Gasteiger charge is 2.30. The van der Waals surface area contributed by atoms with Gasteiger partial charge in [-0.15, -0.1) is 0 Å². The van der Waals surface area contributed by atoms with Crippen LogP contribution in [0.3, 0.4) is 0 Å². The summed E-state index contributed by atoms with van der Waals surface area (Å²) in [6.45, 7) is 0. The summed E-state index contributed by atoms with van der Waals surface area (Å²) in [5, 5.41) is 15.2. The highest BCUT2D eigenvalue weighted by atomic mass is 19.2. The Morgan fingerprint density at radius 1 is 0.258 bits per heavy atom. The van der Waals surface area contributed by atoms with Crippen LogP contribution in [0.25, 0.3) is 156 Å². The van der Waals surface area contributed by atoms with Crippen molar-refractivity contribution in [1.82, 2.24) is 29.1 Å². The average Bonchev–Trinajstić information content (AvgIpc) is 1.63. The molecule has 6 aromatic heterocycles. The van der Waals surface area contributed by atoms with E-state index in [2.05, 4.69) is 6.07 Å². The second-order valence-corrected chi connectivity index (χ2v) is 22.7. The Balaban J connectivity index is 1.02. The fraction of sp³-hybridized carbons (Fsp3) is 0. The molecule has 0 bridgehead atoms. The minimum absolute atomic E-state index is 0.0166. The van der Waals surface area contributed by atoms with E-state index >= 15 is 22.0 Å². The van der Waals surface area contributed by atoms with Crippen LogP contribution >= 0.6 is 0 Å². The van der Waals surface area contributed by atoms with Gasteiger partial charge in [-0.05, 0) is 135 Å². The predicted octanol–water partition coefficient (Wildman–Crippen LogP) is 21.0. The van der Waals surface area contributed by atoms with Crippen molar-refractivity contribution in [3.8, 4) is 118 Å². The lowest BCUT2D eigenvalue weighted by molar-refractivity contribution is 0.381. The fourth-order valence-corrected chi connectivity index (χ4v) is 12.9. The van der Waals surface area contributed by atoms with Crippen LogP contribution < -0.4 is 0 Å². The van der Waals surface area contributed by atoms with E-state index in [0.717, 1.165) is 111 Å². The molecule has 0 N–H and O–H groups in total. The van der Waals surface area contributed by atoms with Crippen LogP contribution in [0.2, 0.25) is 0 Å². The van der Waals surface area contributed by atoms with Crippen molar-refractivity contribution in [3.05, 3.63) is 314 Å². The molecular weight excluding hydrogens is 1170 g/mol. The van der Waals surface area contributed by atoms with Gasteiger partial charge in [-0.2, -0.15) is 5.26 Å². The zero-order valence-electron chi connectivity index (χ0n) is 49.1. The van der Waals surface area contributed by atoms with E-state index in [-0.39, 0.29) is 22.5 Å². The maximum atomic E-state index is 17.0.